The maximum absolute atomic E-state index is 13.1. The van der Waals surface area contributed by atoms with Crippen LogP contribution in [0.15, 0.2) is 71.1 Å². The minimum Gasteiger partial charge on any atom is -0.454 e. The predicted octanol–water partition coefficient (Wildman–Crippen LogP) is 4.81. The number of amides is 2. The number of furan rings is 1. The predicted molar refractivity (Wildman–Crippen MR) is 121 cm³/mol. The molecular formula is C25H25N3O3. The number of rotatable bonds is 7. The quantitative estimate of drug-likeness (QED) is 0.454. The van der Waals surface area contributed by atoms with Crippen LogP contribution in [0.1, 0.15) is 52.2 Å². The molecule has 4 rings (SSSR count). The van der Waals surface area contributed by atoms with Crippen LogP contribution in [-0.4, -0.2) is 16.4 Å². The Morgan fingerprint density at radius 2 is 1.77 bits per heavy atom. The number of carbonyl (C=O) groups excluding carboxylic acids is 2. The number of fused-ring (bicyclic) bond motifs is 1. The van der Waals surface area contributed by atoms with Crippen LogP contribution in [0.4, 0.5) is 0 Å². The third-order valence-corrected chi connectivity index (χ3v) is 5.50. The molecule has 0 aliphatic heterocycles. The highest BCUT2D eigenvalue weighted by Crippen LogP contribution is 2.30. The molecular weight excluding hydrogens is 390 g/mol. The Labute approximate surface area is 180 Å². The van der Waals surface area contributed by atoms with Gasteiger partial charge in [0.2, 0.25) is 5.91 Å². The van der Waals surface area contributed by atoms with Gasteiger partial charge < -0.3 is 20.0 Å². The SMILES string of the molecule is CCC[C@@H](NC(=O)c1cc2oc(-c3ccccc3)cc2n1C)c1ccc(C(N)=O)cc1. The first kappa shape index (κ1) is 20.5. The summed E-state index contributed by atoms with van der Waals surface area (Å²) in [6, 6.07) is 20.5. The van der Waals surface area contributed by atoms with E-state index in [2.05, 4.69) is 12.2 Å². The molecule has 158 valence electrons. The highest BCUT2D eigenvalue weighted by Gasteiger charge is 2.21. The van der Waals surface area contributed by atoms with Crippen LogP contribution in [0.2, 0.25) is 0 Å². The van der Waals surface area contributed by atoms with E-state index in [0.29, 0.717) is 16.8 Å². The molecule has 2 heterocycles. The number of nitrogens with two attached hydrogens (primary N) is 1. The van der Waals surface area contributed by atoms with E-state index in [0.717, 1.165) is 35.2 Å². The van der Waals surface area contributed by atoms with Gasteiger partial charge in [0.25, 0.3) is 5.91 Å². The molecule has 0 saturated heterocycles. The number of hydrogen-bond acceptors (Lipinski definition) is 3. The maximum atomic E-state index is 13.1. The third-order valence-electron chi connectivity index (χ3n) is 5.50. The summed E-state index contributed by atoms with van der Waals surface area (Å²) in [4.78, 5) is 24.4. The Kier molecular flexibility index (Phi) is 5.62. The van der Waals surface area contributed by atoms with Crippen molar-refractivity contribution in [1.82, 2.24) is 9.88 Å². The highest BCUT2D eigenvalue weighted by atomic mass is 16.3. The number of carbonyl (C=O) groups is 2. The van der Waals surface area contributed by atoms with Gasteiger partial charge in [0.1, 0.15) is 11.5 Å². The number of primary amides is 1. The monoisotopic (exact) mass is 415 g/mol. The minimum absolute atomic E-state index is 0.166. The van der Waals surface area contributed by atoms with Gasteiger partial charge in [0.15, 0.2) is 5.58 Å². The summed E-state index contributed by atoms with van der Waals surface area (Å²) in [5.74, 6) is 0.128. The molecule has 0 aliphatic rings. The highest BCUT2D eigenvalue weighted by molar-refractivity contribution is 5.98. The van der Waals surface area contributed by atoms with Gasteiger partial charge in [-0.1, -0.05) is 55.8 Å². The number of nitrogens with zero attached hydrogens (tertiary/aromatic N) is 1. The van der Waals surface area contributed by atoms with Crippen molar-refractivity contribution in [1.29, 1.82) is 0 Å². The Bertz CT molecular complexity index is 1220. The van der Waals surface area contributed by atoms with Crippen LogP contribution < -0.4 is 11.1 Å². The lowest BCUT2D eigenvalue weighted by Gasteiger charge is -2.19. The lowest BCUT2D eigenvalue weighted by molar-refractivity contribution is 0.0925. The van der Waals surface area contributed by atoms with E-state index in [1.807, 2.05) is 60.1 Å². The van der Waals surface area contributed by atoms with E-state index in [1.54, 1.807) is 18.2 Å². The van der Waals surface area contributed by atoms with Crippen molar-refractivity contribution in [3.8, 4) is 11.3 Å². The lowest BCUT2D eigenvalue weighted by Crippen LogP contribution is -2.30. The molecule has 31 heavy (non-hydrogen) atoms. The summed E-state index contributed by atoms with van der Waals surface area (Å²) in [5, 5.41) is 3.12. The molecule has 0 aliphatic carbocycles. The minimum atomic E-state index is -0.469. The number of hydrogen-bond donors (Lipinski definition) is 2. The first-order chi connectivity index (χ1) is 15.0. The molecule has 0 unspecified atom stereocenters. The van der Waals surface area contributed by atoms with E-state index >= 15 is 0 Å². The van der Waals surface area contributed by atoms with Crippen molar-refractivity contribution in [3.05, 3.63) is 83.6 Å². The van der Waals surface area contributed by atoms with Crippen molar-refractivity contribution < 1.29 is 14.0 Å². The molecule has 0 fully saturated rings. The van der Waals surface area contributed by atoms with Crippen molar-refractivity contribution >= 4 is 22.9 Å². The number of nitrogens with one attached hydrogen (secondary N) is 1. The van der Waals surface area contributed by atoms with Crippen molar-refractivity contribution in [2.45, 2.75) is 25.8 Å². The van der Waals surface area contributed by atoms with E-state index in [4.69, 9.17) is 10.2 Å². The van der Waals surface area contributed by atoms with Gasteiger partial charge in [0, 0.05) is 30.3 Å². The average molecular weight is 415 g/mol. The Hall–Kier alpha value is -3.80. The summed E-state index contributed by atoms with van der Waals surface area (Å²) >= 11 is 0. The molecule has 6 heteroatoms. The summed E-state index contributed by atoms with van der Waals surface area (Å²) in [7, 11) is 1.86. The third kappa shape index (κ3) is 4.10. The van der Waals surface area contributed by atoms with Gasteiger partial charge in [-0.25, -0.2) is 0 Å². The smallest absolute Gasteiger partial charge is 0.268 e. The molecule has 1 atom stereocenters. The first-order valence-corrected chi connectivity index (χ1v) is 10.3. The van der Waals surface area contributed by atoms with Crippen molar-refractivity contribution in [2.24, 2.45) is 12.8 Å². The maximum Gasteiger partial charge on any atom is 0.268 e. The summed E-state index contributed by atoms with van der Waals surface area (Å²) in [6.07, 6.45) is 1.68. The molecule has 3 N–H and O–H groups in total. The van der Waals surface area contributed by atoms with Crippen LogP contribution >= 0.6 is 0 Å². The van der Waals surface area contributed by atoms with Crippen LogP contribution in [-0.2, 0) is 7.05 Å². The fourth-order valence-corrected chi connectivity index (χ4v) is 3.80. The molecule has 4 aromatic rings. The van der Waals surface area contributed by atoms with Crippen molar-refractivity contribution in [3.63, 3.8) is 0 Å². The molecule has 0 spiro atoms. The molecule has 2 amide bonds. The second kappa shape index (κ2) is 8.52. The zero-order valence-electron chi connectivity index (χ0n) is 17.6. The normalized spacial score (nSPS) is 12.1. The Balaban J connectivity index is 1.58. The molecule has 6 nitrogen and oxygen atoms in total. The standard InChI is InChI=1S/C25H25N3O3/c1-3-7-19(16-10-12-18(13-11-16)24(26)29)27-25(30)21-15-23-20(28(21)2)14-22(31-23)17-8-5-4-6-9-17/h4-6,8-15,19H,3,7H2,1-2H3,(H2,26,29)(H,27,30)/t19-/m1/s1. The first-order valence-electron chi connectivity index (χ1n) is 10.3. The molecule has 2 aromatic carbocycles. The molecule has 2 aromatic heterocycles. The van der Waals surface area contributed by atoms with Gasteiger partial charge in [-0.05, 0) is 24.1 Å². The fraction of sp³-hybridized carbons (Fsp3) is 0.200. The van der Waals surface area contributed by atoms with Gasteiger partial charge >= 0.3 is 0 Å². The van der Waals surface area contributed by atoms with Crippen LogP contribution in [0.5, 0.6) is 0 Å². The van der Waals surface area contributed by atoms with E-state index in [9.17, 15) is 9.59 Å². The molecule has 0 bridgehead atoms. The average Bonchev–Trinajstić information content (AvgIpc) is 3.33. The van der Waals surface area contributed by atoms with Crippen LogP contribution in [0.3, 0.4) is 0 Å². The Morgan fingerprint density at radius 3 is 2.39 bits per heavy atom. The molecule has 0 radical (unpaired) electrons. The number of benzene rings is 2. The summed E-state index contributed by atoms with van der Waals surface area (Å²) < 4.78 is 7.84. The van der Waals surface area contributed by atoms with Gasteiger partial charge in [-0.2, -0.15) is 0 Å². The van der Waals surface area contributed by atoms with Crippen LogP contribution in [0, 0.1) is 0 Å². The number of aryl methyl sites for hydroxylation is 1. The zero-order chi connectivity index (χ0) is 22.0. The molecule has 0 saturated carbocycles. The van der Waals surface area contributed by atoms with E-state index in [1.165, 1.54) is 0 Å². The summed E-state index contributed by atoms with van der Waals surface area (Å²) in [6.45, 7) is 2.07. The fourth-order valence-electron chi connectivity index (χ4n) is 3.80. The lowest BCUT2D eigenvalue weighted by atomic mass is 10.0. The van der Waals surface area contributed by atoms with Crippen molar-refractivity contribution in [2.75, 3.05) is 0 Å². The topological polar surface area (TPSA) is 90.3 Å². The summed E-state index contributed by atoms with van der Waals surface area (Å²) in [5.41, 5.74) is 9.76. The Morgan fingerprint density at radius 1 is 1.06 bits per heavy atom. The second-order valence-electron chi connectivity index (χ2n) is 7.62. The number of aromatic nitrogens is 1. The second-order valence-corrected chi connectivity index (χ2v) is 7.62. The van der Waals surface area contributed by atoms with Gasteiger partial charge in [0.05, 0.1) is 11.6 Å². The van der Waals surface area contributed by atoms with E-state index in [-0.39, 0.29) is 11.9 Å². The van der Waals surface area contributed by atoms with Gasteiger partial charge in [-0.3, -0.25) is 9.59 Å². The van der Waals surface area contributed by atoms with Gasteiger partial charge in [-0.15, -0.1) is 0 Å². The van der Waals surface area contributed by atoms with E-state index < -0.39 is 5.91 Å². The zero-order valence-corrected chi connectivity index (χ0v) is 17.6. The largest absolute Gasteiger partial charge is 0.454 e. The van der Waals surface area contributed by atoms with Crippen LogP contribution in [0.25, 0.3) is 22.4 Å².